The van der Waals surface area contributed by atoms with Gasteiger partial charge in [-0.2, -0.15) is 13.2 Å². The molecule has 30 heavy (non-hydrogen) atoms. The Morgan fingerprint density at radius 1 is 1.37 bits per heavy atom. The van der Waals surface area contributed by atoms with Crippen LogP contribution in [-0.4, -0.2) is 67.5 Å². The number of alkyl halides is 3. The Kier molecular flexibility index (Phi) is 11.0. The maximum Gasteiger partial charge on any atom is 0.422 e. The zero-order chi connectivity index (χ0) is 21.3. The molecule has 1 aromatic heterocycles. The van der Waals surface area contributed by atoms with Gasteiger partial charge in [-0.1, -0.05) is 6.07 Å². The zero-order valence-corrected chi connectivity index (χ0v) is 19.2. The number of rotatable bonds is 6. The number of piperidine rings is 1. The standard InChI is InChI=1S/C18H26F3N5O3.HI/c1-3-28-17(27)26-9-6-14(7-10-26)25-16(22-2)24-11-13-5-4-8-23-15(13)29-12-18(19,20)21;/h4-5,8,14H,3,6-7,9-12H2,1-2H3,(H2,22,24,25);1H. The molecule has 1 fully saturated rings. The lowest BCUT2D eigenvalue weighted by atomic mass is 10.1. The van der Waals surface area contributed by atoms with Gasteiger partial charge in [0.25, 0.3) is 0 Å². The first-order chi connectivity index (χ1) is 13.8. The first-order valence-electron chi connectivity index (χ1n) is 9.34. The topological polar surface area (TPSA) is 88.1 Å². The lowest BCUT2D eigenvalue weighted by Gasteiger charge is -2.32. The molecular weight excluding hydrogens is 518 g/mol. The van der Waals surface area contributed by atoms with Crippen LogP contribution in [0.3, 0.4) is 0 Å². The number of likely N-dealkylation sites (tertiary alicyclic amines) is 1. The third-order valence-electron chi connectivity index (χ3n) is 4.25. The maximum absolute atomic E-state index is 12.4. The number of pyridine rings is 1. The number of halogens is 4. The third-order valence-corrected chi connectivity index (χ3v) is 4.25. The Labute approximate surface area is 190 Å². The molecule has 0 bridgehead atoms. The van der Waals surface area contributed by atoms with Crippen LogP contribution in [0, 0.1) is 0 Å². The first kappa shape index (κ1) is 26.0. The number of hydrogen-bond acceptors (Lipinski definition) is 5. The minimum absolute atomic E-state index is 0. The highest BCUT2D eigenvalue weighted by molar-refractivity contribution is 14.0. The monoisotopic (exact) mass is 545 g/mol. The van der Waals surface area contributed by atoms with Crippen molar-refractivity contribution in [1.82, 2.24) is 20.5 Å². The van der Waals surface area contributed by atoms with Gasteiger partial charge in [0.05, 0.1) is 6.61 Å². The third kappa shape index (κ3) is 8.79. The fraction of sp³-hybridized carbons (Fsp3) is 0.611. The summed E-state index contributed by atoms with van der Waals surface area (Å²) in [6.45, 7) is 2.06. The van der Waals surface area contributed by atoms with E-state index in [4.69, 9.17) is 9.47 Å². The van der Waals surface area contributed by atoms with E-state index in [1.54, 1.807) is 31.0 Å². The number of ether oxygens (including phenoxy) is 2. The number of carbonyl (C=O) groups excluding carboxylic acids is 1. The molecule has 0 atom stereocenters. The van der Waals surface area contributed by atoms with Crippen molar-refractivity contribution in [2.45, 2.75) is 38.5 Å². The van der Waals surface area contributed by atoms with E-state index in [0.29, 0.717) is 31.2 Å². The molecule has 0 saturated carbocycles. The Morgan fingerprint density at radius 3 is 2.67 bits per heavy atom. The molecule has 2 rings (SSSR count). The van der Waals surface area contributed by atoms with Crippen LogP contribution < -0.4 is 15.4 Å². The summed E-state index contributed by atoms with van der Waals surface area (Å²) >= 11 is 0. The Hall–Kier alpha value is -1.99. The highest BCUT2D eigenvalue weighted by atomic mass is 127. The van der Waals surface area contributed by atoms with Crippen molar-refractivity contribution in [1.29, 1.82) is 0 Å². The predicted molar refractivity (Wildman–Crippen MR) is 116 cm³/mol. The fourth-order valence-electron chi connectivity index (χ4n) is 2.83. The van der Waals surface area contributed by atoms with E-state index in [1.165, 1.54) is 6.20 Å². The van der Waals surface area contributed by atoms with Crippen molar-refractivity contribution in [2.75, 3.05) is 33.4 Å². The summed E-state index contributed by atoms with van der Waals surface area (Å²) in [4.78, 5) is 21.4. The molecule has 8 nitrogen and oxygen atoms in total. The van der Waals surface area contributed by atoms with Crippen LogP contribution in [0.4, 0.5) is 18.0 Å². The second-order valence-corrected chi connectivity index (χ2v) is 6.40. The molecule has 2 heterocycles. The molecule has 1 aromatic rings. The maximum atomic E-state index is 12.4. The van der Waals surface area contributed by atoms with Gasteiger partial charge in [0.1, 0.15) is 0 Å². The van der Waals surface area contributed by atoms with E-state index < -0.39 is 12.8 Å². The summed E-state index contributed by atoms with van der Waals surface area (Å²) in [5.74, 6) is 0.431. The van der Waals surface area contributed by atoms with E-state index in [-0.39, 0.29) is 48.5 Å². The summed E-state index contributed by atoms with van der Waals surface area (Å²) in [6, 6.07) is 3.37. The number of nitrogens with zero attached hydrogens (tertiary/aromatic N) is 3. The average molecular weight is 545 g/mol. The Bertz CT molecular complexity index is 698. The Morgan fingerprint density at radius 2 is 2.07 bits per heavy atom. The smallest absolute Gasteiger partial charge is 0.422 e. The molecule has 0 spiro atoms. The summed E-state index contributed by atoms with van der Waals surface area (Å²) in [6.07, 6.45) is -1.91. The zero-order valence-electron chi connectivity index (χ0n) is 16.9. The molecular formula is C18H27F3IN5O3. The van der Waals surface area contributed by atoms with Gasteiger partial charge in [0.15, 0.2) is 12.6 Å². The number of carbonyl (C=O) groups is 1. The Balaban J connectivity index is 0.00000450. The molecule has 170 valence electrons. The van der Waals surface area contributed by atoms with Crippen LogP contribution in [0.25, 0.3) is 0 Å². The van der Waals surface area contributed by atoms with Gasteiger partial charge in [0.2, 0.25) is 5.88 Å². The van der Waals surface area contributed by atoms with Crippen molar-refractivity contribution < 1.29 is 27.4 Å². The van der Waals surface area contributed by atoms with E-state index in [9.17, 15) is 18.0 Å². The summed E-state index contributed by atoms with van der Waals surface area (Å²) in [5, 5.41) is 6.32. The van der Waals surface area contributed by atoms with Crippen molar-refractivity contribution in [2.24, 2.45) is 4.99 Å². The van der Waals surface area contributed by atoms with E-state index >= 15 is 0 Å². The largest absolute Gasteiger partial charge is 0.468 e. The highest BCUT2D eigenvalue weighted by Crippen LogP contribution is 2.20. The SMILES string of the molecule is CCOC(=O)N1CCC(NC(=NC)NCc2cccnc2OCC(F)(F)F)CC1.I. The first-order valence-corrected chi connectivity index (χ1v) is 9.34. The minimum Gasteiger partial charge on any atom is -0.468 e. The van der Waals surface area contributed by atoms with Crippen molar-refractivity contribution in [3.8, 4) is 5.88 Å². The van der Waals surface area contributed by atoms with Crippen LogP contribution in [0.1, 0.15) is 25.3 Å². The molecule has 0 aromatic carbocycles. The normalized spacial score (nSPS) is 15.2. The molecule has 2 N–H and O–H groups in total. The predicted octanol–water partition coefficient (Wildman–Crippen LogP) is 2.93. The molecule has 1 amide bonds. The van der Waals surface area contributed by atoms with Gasteiger partial charge in [-0.3, -0.25) is 4.99 Å². The van der Waals surface area contributed by atoms with Crippen LogP contribution in [0.2, 0.25) is 0 Å². The molecule has 1 aliphatic heterocycles. The minimum atomic E-state index is -4.43. The summed E-state index contributed by atoms with van der Waals surface area (Å²) in [7, 11) is 1.60. The number of aromatic nitrogens is 1. The number of amides is 1. The highest BCUT2D eigenvalue weighted by Gasteiger charge is 2.29. The fourth-order valence-corrected chi connectivity index (χ4v) is 2.83. The second kappa shape index (κ2) is 12.6. The number of guanidine groups is 1. The van der Waals surface area contributed by atoms with Crippen LogP contribution in [0.5, 0.6) is 5.88 Å². The van der Waals surface area contributed by atoms with Crippen molar-refractivity contribution in [3.63, 3.8) is 0 Å². The number of aliphatic imine (C=N–C) groups is 1. The van der Waals surface area contributed by atoms with Crippen molar-refractivity contribution in [3.05, 3.63) is 23.9 Å². The lowest BCUT2D eigenvalue weighted by molar-refractivity contribution is -0.154. The van der Waals surface area contributed by atoms with Gasteiger partial charge in [-0.25, -0.2) is 9.78 Å². The van der Waals surface area contributed by atoms with E-state index in [0.717, 1.165) is 12.8 Å². The summed E-state index contributed by atoms with van der Waals surface area (Å²) < 4.78 is 47.0. The number of hydrogen-bond donors (Lipinski definition) is 2. The molecule has 1 saturated heterocycles. The van der Waals surface area contributed by atoms with Crippen LogP contribution in [0.15, 0.2) is 23.3 Å². The molecule has 0 aliphatic carbocycles. The molecule has 0 unspecified atom stereocenters. The average Bonchev–Trinajstić information content (AvgIpc) is 2.70. The molecule has 0 radical (unpaired) electrons. The van der Waals surface area contributed by atoms with Crippen LogP contribution in [-0.2, 0) is 11.3 Å². The van der Waals surface area contributed by atoms with Gasteiger partial charge in [-0.05, 0) is 25.8 Å². The van der Waals surface area contributed by atoms with E-state index in [2.05, 4.69) is 20.6 Å². The van der Waals surface area contributed by atoms with E-state index in [1.807, 2.05) is 0 Å². The van der Waals surface area contributed by atoms with Crippen LogP contribution >= 0.6 is 24.0 Å². The second-order valence-electron chi connectivity index (χ2n) is 6.40. The van der Waals surface area contributed by atoms with Gasteiger partial charge < -0.3 is 25.0 Å². The molecule has 12 heteroatoms. The van der Waals surface area contributed by atoms with Gasteiger partial charge in [-0.15, -0.1) is 24.0 Å². The molecule has 1 aliphatic rings. The number of nitrogens with one attached hydrogen (secondary N) is 2. The summed E-state index contributed by atoms with van der Waals surface area (Å²) in [5.41, 5.74) is 0.483. The van der Waals surface area contributed by atoms with Gasteiger partial charge >= 0.3 is 12.3 Å². The van der Waals surface area contributed by atoms with Gasteiger partial charge in [0, 0.05) is 44.5 Å². The lowest BCUT2D eigenvalue weighted by Crippen LogP contribution is -2.49. The van der Waals surface area contributed by atoms with Crippen molar-refractivity contribution >= 4 is 36.0 Å². The quantitative estimate of drug-likeness (QED) is 0.325.